The van der Waals surface area contributed by atoms with Crippen molar-refractivity contribution < 1.29 is 17.9 Å². The van der Waals surface area contributed by atoms with Crippen LogP contribution in [0.15, 0.2) is 40.7 Å². The van der Waals surface area contributed by atoms with Gasteiger partial charge in [-0.05, 0) is 24.6 Å². The Hall–Kier alpha value is -1.81. The Balaban J connectivity index is 1.62. The number of carbonyl (C=O) groups excluding carboxylic acids is 1. The topological polar surface area (TPSA) is 97.4 Å². The van der Waals surface area contributed by atoms with Crippen LogP contribution < -0.4 is 10.0 Å². The molecule has 25 heavy (non-hydrogen) atoms. The molecular formula is C16H19N3O4S2. The van der Waals surface area contributed by atoms with Gasteiger partial charge in [-0.15, -0.1) is 11.3 Å². The Morgan fingerprint density at radius 2 is 2.28 bits per heavy atom. The predicted octanol–water partition coefficient (Wildman–Crippen LogP) is 1.18. The maximum atomic E-state index is 12.4. The molecular weight excluding hydrogens is 362 g/mol. The van der Waals surface area contributed by atoms with Crippen LogP contribution in [0.25, 0.3) is 0 Å². The lowest BCUT2D eigenvalue weighted by Crippen LogP contribution is -2.35. The normalized spacial score (nSPS) is 17.5. The van der Waals surface area contributed by atoms with Gasteiger partial charge in [-0.1, -0.05) is 6.07 Å². The molecule has 7 nitrogen and oxygen atoms in total. The summed E-state index contributed by atoms with van der Waals surface area (Å²) >= 11 is 1.53. The first-order valence-electron chi connectivity index (χ1n) is 7.91. The van der Waals surface area contributed by atoms with Crippen LogP contribution in [-0.4, -0.2) is 45.1 Å². The van der Waals surface area contributed by atoms with E-state index in [1.807, 2.05) is 5.38 Å². The molecule has 1 fully saturated rings. The standard InChI is InChI=1S/C16H19N3O4S2/c20-16(18-6-4-15-17-7-9-24-15)12-2-1-3-14(10-12)25(21,22)19-13-5-8-23-11-13/h1-3,7,9-10,13,19H,4-6,8,11H2,(H,18,20). The molecule has 1 aliphatic heterocycles. The number of hydrogen-bond acceptors (Lipinski definition) is 6. The number of carbonyl (C=O) groups is 1. The summed E-state index contributed by atoms with van der Waals surface area (Å²) in [5.74, 6) is -0.308. The van der Waals surface area contributed by atoms with Crippen LogP contribution in [0, 0.1) is 0 Å². The Morgan fingerprint density at radius 3 is 3.00 bits per heavy atom. The fourth-order valence-electron chi connectivity index (χ4n) is 2.48. The number of rotatable bonds is 7. The molecule has 3 rings (SSSR count). The second-order valence-electron chi connectivity index (χ2n) is 5.64. The van der Waals surface area contributed by atoms with E-state index in [0.717, 1.165) is 5.01 Å². The summed E-state index contributed by atoms with van der Waals surface area (Å²) in [6, 6.07) is 5.80. The molecule has 1 saturated heterocycles. The smallest absolute Gasteiger partial charge is 0.251 e. The largest absolute Gasteiger partial charge is 0.380 e. The van der Waals surface area contributed by atoms with Crippen molar-refractivity contribution in [3.63, 3.8) is 0 Å². The van der Waals surface area contributed by atoms with Gasteiger partial charge in [0.2, 0.25) is 10.0 Å². The van der Waals surface area contributed by atoms with Gasteiger partial charge in [0.15, 0.2) is 0 Å². The van der Waals surface area contributed by atoms with E-state index in [1.54, 1.807) is 18.3 Å². The maximum absolute atomic E-state index is 12.4. The van der Waals surface area contributed by atoms with E-state index in [4.69, 9.17) is 4.74 Å². The highest BCUT2D eigenvalue weighted by atomic mass is 32.2. The van der Waals surface area contributed by atoms with Crippen LogP contribution in [0.3, 0.4) is 0 Å². The van der Waals surface area contributed by atoms with Crippen molar-refractivity contribution in [2.75, 3.05) is 19.8 Å². The van der Waals surface area contributed by atoms with Crippen molar-refractivity contribution in [2.24, 2.45) is 0 Å². The van der Waals surface area contributed by atoms with Crippen molar-refractivity contribution in [3.05, 3.63) is 46.4 Å². The lowest BCUT2D eigenvalue weighted by Gasteiger charge is -2.12. The fourth-order valence-corrected chi connectivity index (χ4v) is 4.40. The third-order valence-electron chi connectivity index (χ3n) is 3.77. The molecule has 9 heteroatoms. The van der Waals surface area contributed by atoms with Crippen molar-refractivity contribution in [1.29, 1.82) is 0 Å². The van der Waals surface area contributed by atoms with Gasteiger partial charge >= 0.3 is 0 Å². The number of nitrogens with zero attached hydrogens (tertiary/aromatic N) is 1. The molecule has 134 valence electrons. The highest BCUT2D eigenvalue weighted by Crippen LogP contribution is 2.14. The van der Waals surface area contributed by atoms with Crippen molar-refractivity contribution in [3.8, 4) is 0 Å². The van der Waals surface area contributed by atoms with Gasteiger partial charge in [0.25, 0.3) is 5.91 Å². The minimum Gasteiger partial charge on any atom is -0.380 e. The number of nitrogens with one attached hydrogen (secondary N) is 2. The Kier molecular flexibility index (Phi) is 5.79. The summed E-state index contributed by atoms with van der Waals surface area (Å²) in [7, 11) is -3.67. The van der Waals surface area contributed by atoms with E-state index >= 15 is 0 Å². The van der Waals surface area contributed by atoms with Gasteiger partial charge in [0.1, 0.15) is 0 Å². The van der Waals surface area contributed by atoms with Gasteiger partial charge in [-0.25, -0.2) is 18.1 Å². The van der Waals surface area contributed by atoms with Crippen LogP contribution in [0.5, 0.6) is 0 Å². The molecule has 1 aliphatic rings. The minimum absolute atomic E-state index is 0.0759. The molecule has 2 heterocycles. The van der Waals surface area contributed by atoms with Crippen LogP contribution in [-0.2, 0) is 21.2 Å². The zero-order chi connectivity index (χ0) is 17.7. The monoisotopic (exact) mass is 381 g/mol. The average molecular weight is 381 g/mol. The van der Waals surface area contributed by atoms with Gasteiger partial charge < -0.3 is 10.1 Å². The summed E-state index contributed by atoms with van der Waals surface area (Å²) in [6.07, 6.45) is 3.01. The first-order chi connectivity index (χ1) is 12.0. The lowest BCUT2D eigenvalue weighted by atomic mass is 10.2. The van der Waals surface area contributed by atoms with Gasteiger partial charge in [0, 0.05) is 42.8 Å². The molecule has 0 bridgehead atoms. The summed E-state index contributed by atoms with van der Waals surface area (Å²) in [5.41, 5.74) is 0.310. The van der Waals surface area contributed by atoms with Crippen molar-refractivity contribution in [1.82, 2.24) is 15.0 Å². The number of hydrogen-bond donors (Lipinski definition) is 2. The molecule has 1 amide bonds. The Bertz CT molecular complexity index is 816. The first-order valence-corrected chi connectivity index (χ1v) is 10.3. The zero-order valence-corrected chi connectivity index (χ0v) is 15.1. The highest BCUT2D eigenvalue weighted by molar-refractivity contribution is 7.89. The molecule has 1 unspecified atom stereocenters. The van der Waals surface area contributed by atoms with E-state index < -0.39 is 10.0 Å². The van der Waals surface area contributed by atoms with E-state index in [9.17, 15) is 13.2 Å². The van der Waals surface area contributed by atoms with E-state index in [2.05, 4.69) is 15.0 Å². The molecule has 2 N–H and O–H groups in total. The molecule has 2 aromatic rings. The minimum atomic E-state index is -3.67. The molecule has 0 spiro atoms. The zero-order valence-electron chi connectivity index (χ0n) is 13.5. The fraction of sp³-hybridized carbons (Fsp3) is 0.375. The summed E-state index contributed by atoms with van der Waals surface area (Å²) in [4.78, 5) is 16.5. The summed E-state index contributed by atoms with van der Waals surface area (Å²) in [6.45, 7) is 1.37. The van der Waals surface area contributed by atoms with Crippen LogP contribution >= 0.6 is 11.3 Å². The van der Waals surface area contributed by atoms with Crippen LogP contribution in [0.1, 0.15) is 21.8 Å². The summed E-state index contributed by atoms with van der Waals surface area (Å²) < 4.78 is 32.6. The molecule has 1 aromatic carbocycles. The number of benzene rings is 1. The quantitative estimate of drug-likeness (QED) is 0.751. The van der Waals surface area contributed by atoms with Gasteiger partial charge in [-0.2, -0.15) is 0 Å². The average Bonchev–Trinajstić information content (AvgIpc) is 3.28. The molecule has 1 aromatic heterocycles. The van der Waals surface area contributed by atoms with E-state index in [0.29, 0.717) is 38.2 Å². The van der Waals surface area contributed by atoms with Crippen molar-refractivity contribution >= 4 is 27.3 Å². The second kappa shape index (κ2) is 8.05. The third-order valence-corrected chi connectivity index (χ3v) is 6.12. The maximum Gasteiger partial charge on any atom is 0.251 e. The number of aromatic nitrogens is 1. The second-order valence-corrected chi connectivity index (χ2v) is 8.33. The predicted molar refractivity (Wildman–Crippen MR) is 94.1 cm³/mol. The molecule has 1 atom stereocenters. The van der Waals surface area contributed by atoms with Crippen molar-refractivity contribution in [2.45, 2.75) is 23.8 Å². The number of amides is 1. The number of thiazole rings is 1. The highest BCUT2D eigenvalue weighted by Gasteiger charge is 2.24. The SMILES string of the molecule is O=C(NCCc1nccs1)c1cccc(S(=O)(=O)NC2CCOC2)c1. The van der Waals surface area contributed by atoms with Crippen LogP contribution in [0.2, 0.25) is 0 Å². The lowest BCUT2D eigenvalue weighted by molar-refractivity contribution is 0.0954. The number of sulfonamides is 1. The summed E-state index contributed by atoms with van der Waals surface area (Å²) in [5, 5.41) is 5.61. The van der Waals surface area contributed by atoms with E-state index in [1.165, 1.54) is 23.5 Å². The Morgan fingerprint density at radius 1 is 1.40 bits per heavy atom. The molecule has 0 aliphatic carbocycles. The Labute approximate surface area is 150 Å². The van der Waals surface area contributed by atoms with Gasteiger partial charge in [-0.3, -0.25) is 4.79 Å². The van der Waals surface area contributed by atoms with Crippen LogP contribution in [0.4, 0.5) is 0 Å². The number of ether oxygens (including phenoxy) is 1. The van der Waals surface area contributed by atoms with E-state index in [-0.39, 0.29) is 16.8 Å². The van der Waals surface area contributed by atoms with Gasteiger partial charge in [0.05, 0.1) is 16.5 Å². The third kappa shape index (κ3) is 4.85. The molecule has 0 saturated carbocycles. The first kappa shape index (κ1) is 18.0. The molecule has 0 radical (unpaired) electrons.